The molecule has 0 aliphatic heterocycles. The van der Waals surface area contributed by atoms with E-state index in [-0.39, 0.29) is 11.9 Å². The Morgan fingerprint density at radius 2 is 1.58 bits per heavy atom. The zero-order valence-corrected chi connectivity index (χ0v) is 20.5. The molecule has 5 N–H and O–H groups in total. The molecule has 2 aromatic rings. The Kier molecular flexibility index (Phi) is 11.1. The highest BCUT2D eigenvalue weighted by Crippen LogP contribution is 2.21. The highest BCUT2D eigenvalue weighted by Gasteiger charge is 2.18. The number of carboxylic acids is 1. The van der Waals surface area contributed by atoms with Gasteiger partial charge in [0.05, 0.1) is 26.4 Å². The van der Waals surface area contributed by atoms with Crippen molar-refractivity contribution < 1.29 is 24.2 Å². The van der Waals surface area contributed by atoms with Gasteiger partial charge in [-0.2, -0.15) is 15.0 Å². The van der Waals surface area contributed by atoms with Crippen molar-refractivity contribution in [2.45, 2.75) is 44.7 Å². The minimum atomic E-state index is -0.996. The first kappa shape index (κ1) is 27.1. The van der Waals surface area contributed by atoms with Crippen LogP contribution in [-0.2, 0) is 14.3 Å². The molecule has 3 rings (SSSR count). The maximum absolute atomic E-state index is 11.9. The number of carbonyl (C=O) groups excluding carboxylic acids is 1. The number of rotatable bonds is 16. The summed E-state index contributed by atoms with van der Waals surface area (Å²) in [4.78, 5) is 36.1. The Morgan fingerprint density at radius 1 is 0.944 bits per heavy atom. The monoisotopic (exact) mass is 501 g/mol. The summed E-state index contributed by atoms with van der Waals surface area (Å²) in [5.41, 5.74) is 0.618. The number of nitrogens with zero attached hydrogens (tertiary/aromatic N) is 3. The largest absolute Gasteiger partial charge is 0.480 e. The zero-order valence-electron chi connectivity index (χ0n) is 20.5. The van der Waals surface area contributed by atoms with Gasteiger partial charge >= 0.3 is 5.97 Å². The van der Waals surface area contributed by atoms with Crippen LogP contribution in [0.4, 0.5) is 17.8 Å². The summed E-state index contributed by atoms with van der Waals surface area (Å²) in [6.45, 7) is 4.01. The number of aromatic nitrogens is 3. The molecular weight excluding hydrogens is 466 g/mol. The van der Waals surface area contributed by atoms with Crippen molar-refractivity contribution in [1.29, 1.82) is 0 Å². The lowest BCUT2D eigenvalue weighted by Gasteiger charge is -2.15. The summed E-state index contributed by atoms with van der Waals surface area (Å²) in [7, 11) is 0. The molecule has 1 saturated carbocycles. The number of ether oxygens (including phenoxy) is 2. The number of aliphatic carboxylic acids is 1. The molecular formula is C24H35N7O5. The van der Waals surface area contributed by atoms with Crippen molar-refractivity contribution in [3.63, 3.8) is 0 Å². The molecule has 196 valence electrons. The number of carbonyl (C=O) groups is 2. The molecule has 0 unspecified atom stereocenters. The first-order valence-electron chi connectivity index (χ1n) is 12.3. The molecule has 1 aromatic heterocycles. The van der Waals surface area contributed by atoms with E-state index in [4.69, 9.17) is 14.6 Å². The lowest BCUT2D eigenvalue weighted by Crippen LogP contribution is -2.28. The summed E-state index contributed by atoms with van der Waals surface area (Å²) in [5.74, 6) is -0.189. The third-order valence-electron chi connectivity index (χ3n) is 5.51. The van der Waals surface area contributed by atoms with E-state index in [0.29, 0.717) is 63.0 Å². The second-order valence-corrected chi connectivity index (χ2v) is 8.41. The van der Waals surface area contributed by atoms with Gasteiger partial charge in [-0.15, -0.1) is 0 Å². The fourth-order valence-electron chi connectivity index (χ4n) is 3.58. The van der Waals surface area contributed by atoms with Crippen molar-refractivity contribution in [1.82, 2.24) is 20.3 Å². The van der Waals surface area contributed by atoms with Gasteiger partial charge in [0, 0.05) is 24.7 Å². The van der Waals surface area contributed by atoms with E-state index >= 15 is 0 Å². The molecule has 1 aliphatic rings. The molecule has 1 aromatic carbocycles. The van der Waals surface area contributed by atoms with Crippen LogP contribution < -0.4 is 21.3 Å². The quantitative estimate of drug-likeness (QED) is 0.214. The summed E-state index contributed by atoms with van der Waals surface area (Å²) in [6.07, 6.45) is 4.44. The number of carboxylic acid groups (broad SMARTS) is 1. The van der Waals surface area contributed by atoms with Gasteiger partial charge in [-0.3, -0.25) is 9.59 Å². The van der Waals surface area contributed by atoms with Crippen molar-refractivity contribution >= 4 is 29.7 Å². The standard InChI is InChI=1S/C24H35N7O5/c1-17(21(33)34)27-23-29-22(30-24(31-23)28-19-9-5-6-10-19)26-12-14-36-16-15-35-13-11-25-20(32)18-7-3-2-4-8-18/h2-4,7-8,17,19H,5-6,9-16H2,1H3,(H,25,32)(H,33,34)(H3,26,27,28,29,30,31)/t17-/m0/s1. The fourth-order valence-corrected chi connectivity index (χ4v) is 3.58. The summed E-state index contributed by atoms with van der Waals surface area (Å²) < 4.78 is 11.0. The number of hydrogen-bond acceptors (Lipinski definition) is 10. The summed E-state index contributed by atoms with van der Waals surface area (Å²) in [6, 6.07) is 8.49. The predicted octanol–water partition coefficient (Wildman–Crippen LogP) is 1.99. The number of amides is 1. The Morgan fingerprint density at radius 3 is 2.28 bits per heavy atom. The van der Waals surface area contributed by atoms with E-state index in [1.165, 1.54) is 19.8 Å². The average molecular weight is 502 g/mol. The molecule has 0 spiro atoms. The van der Waals surface area contributed by atoms with Crippen LogP contribution in [0.5, 0.6) is 0 Å². The molecule has 12 heteroatoms. The highest BCUT2D eigenvalue weighted by molar-refractivity contribution is 5.94. The molecule has 0 bridgehead atoms. The smallest absolute Gasteiger partial charge is 0.325 e. The average Bonchev–Trinajstić information content (AvgIpc) is 3.38. The molecule has 1 fully saturated rings. The van der Waals surface area contributed by atoms with E-state index in [0.717, 1.165) is 12.8 Å². The second kappa shape index (κ2) is 14.8. The van der Waals surface area contributed by atoms with Crippen LogP contribution in [0, 0.1) is 0 Å². The van der Waals surface area contributed by atoms with E-state index in [1.807, 2.05) is 18.2 Å². The maximum Gasteiger partial charge on any atom is 0.325 e. The number of benzene rings is 1. The van der Waals surface area contributed by atoms with Crippen molar-refractivity contribution in [2.24, 2.45) is 0 Å². The Bertz CT molecular complexity index is 957. The lowest BCUT2D eigenvalue weighted by atomic mass is 10.2. The maximum atomic E-state index is 11.9. The van der Waals surface area contributed by atoms with Gasteiger partial charge in [0.1, 0.15) is 6.04 Å². The molecule has 12 nitrogen and oxygen atoms in total. The third kappa shape index (κ3) is 9.62. The normalized spacial score (nSPS) is 14.2. The number of nitrogens with one attached hydrogen (secondary N) is 4. The van der Waals surface area contributed by atoms with Crippen molar-refractivity contribution in [3.8, 4) is 0 Å². The van der Waals surface area contributed by atoms with Crippen LogP contribution >= 0.6 is 0 Å². The van der Waals surface area contributed by atoms with Gasteiger partial charge in [0.15, 0.2) is 0 Å². The molecule has 0 saturated heterocycles. The topological polar surface area (TPSA) is 160 Å². The Balaban J connectivity index is 1.32. The van der Waals surface area contributed by atoms with Crippen LogP contribution in [0.3, 0.4) is 0 Å². The fraction of sp³-hybridized carbons (Fsp3) is 0.542. The SMILES string of the molecule is C[C@H](Nc1nc(NCCOCCOCCNC(=O)c2ccccc2)nc(NC2CCCC2)n1)C(=O)O. The van der Waals surface area contributed by atoms with Gasteiger partial charge in [0.25, 0.3) is 5.91 Å². The molecule has 1 atom stereocenters. The molecule has 1 amide bonds. The van der Waals surface area contributed by atoms with Crippen molar-refractivity contribution in [3.05, 3.63) is 35.9 Å². The molecule has 36 heavy (non-hydrogen) atoms. The van der Waals surface area contributed by atoms with Crippen LogP contribution in [0.2, 0.25) is 0 Å². The summed E-state index contributed by atoms with van der Waals surface area (Å²) in [5, 5.41) is 21.1. The first-order chi connectivity index (χ1) is 17.5. The zero-order chi connectivity index (χ0) is 25.6. The Hall–Kier alpha value is -3.51. The Labute approximate surface area is 210 Å². The predicted molar refractivity (Wildman–Crippen MR) is 135 cm³/mol. The number of hydrogen-bond donors (Lipinski definition) is 5. The molecule has 0 radical (unpaired) electrons. The number of anilines is 3. The van der Waals surface area contributed by atoms with E-state index in [1.54, 1.807) is 12.1 Å². The minimum absolute atomic E-state index is 0.128. The third-order valence-corrected chi connectivity index (χ3v) is 5.51. The van der Waals surface area contributed by atoms with Crippen LogP contribution in [-0.4, -0.2) is 83.5 Å². The van der Waals surface area contributed by atoms with Crippen LogP contribution in [0.1, 0.15) is 43.0 Å². The summed E-state index contributed by atoms with van der Waals surface area (Å²) >= 11 is 0. The van der Waals surface area contributed by atoms with Gasteiger partial charge in [-0.25, -0.2) is 0 Å². The van der Waals surface area contributed by atoms with E-state index in [9.17, 15) is 9.59 Å². The van der Waals surface area contributed by atoms with Gasteiger partial charge in [0.2, 0.25) is 17.8 Å². The van der Waals surface area contributed by atoms with Crippen molar-refractivity contribution in [2.75, 3.05) is 55.5 Å². The van der Waals surface area contributed by atoms with Crippen LogP contribution in [0.25, 0.3) is 0 Å². The minimum Gasteiger partial charge on any atom is -0.480 e. The second-order valence-electron chi connectivity index (χ2n) is 8.41. The molecule has 1 heterocycles. The van der Waals surface area contributed by atoms with Gasteiger partial charge < -0.3 is 35.8 Å². The van der Waals surface area contributed by atoms with Crippen LogP contribution in [0.15, 0.2) is 30.3 Å². The highest BCUT2D eigenvalue weighted by atomic mass is 16.5. The van der Waals surface area contributed by atoms with E-state index < -0.39 is 12.0 Å². The lowest BCUT2D eigenvalue weighted by molar-refractivity contribution is -0.137. The molecule has 1 aliphatic carbocycles. The first-order valence-corrected chi connectivity index (χ1v) is 12.3. The van der Waals surface area contributed by atoms with E-state index in [2.05, 4.69) is 36.2 Å². The van der Waals surface area contributed by atoms with Gasteiger partial charge in [-0.1, -0.05) is 31.0 Å². The van der Waals surface area contributed by atoms with Gasteiger partial charge in [-0.05, 0) is 31.9 Å².